The van der Waals surface area contributed by atoms with Crippen molar-refractivity contribution in [2.24, 2.45) is 5.92 Å². The highest BCUT2D eigenvalue weighted by atomic mass is 19.1. The molecule has 2 unspecified atom stereocenters. The Balaban J connectivity index is 1.38. The average molecular weight is 391 g/mol. The quantitative estimate of drug-likeness (QED) is 0.657. The second-order valence-corrected chi connectivity index (χ2v) is 8.00. The molecule has 0 radical (unpaired) electrons. The minimum Gasteiger partial charge on any atom is -0.354 e. The number of nitrogens with zero attached hydrogens (tertiary/aromatic N) is 1. The van der Waals surface area contributed by atoms with Crippen LogP contribution >= 0.6 is 0 Å². The van der Waals surface area contributed by atoms with Crippen LogP contribution in [0, 0.1) is 18.7 Å². The van der Waals surface area contributed by atoms with E-state index in [1.54, 1.807) is 13.0 Å². The van der Waals surface area contributed by atoms with Gasteiger partial charge in [0.25, 0.3) is 0 Å². The summed E-state index contributed by atoms with van der Waals surface area (Å²) >= 11 is 0. The number of hydrogen-bond acceptors (Lipinski definition) is 4. The van der Waals surface area contributed by atoms with E-state index < -0.39 is 0 Å². The summed E-state index contributed by atoms with van der Waals surface area (Å²) in [7, 11) is 0. The van der Waals surface area contributed by atoms with Gasteiger partial charge in [-0.05, 0) is 68.8 Å². The number of benzene rings is 1. The van der Waals surface area contributed by atoms with Gasteiger partial charge in [0.1, 0.15) is 5.82 Å². The predicted molar refractivity (Wildman–Crippen MR) is 106 cm³/mol. The molecule has 0 bridgehead atoms. The van der Waals surface area contributed by atoms with Gasteiger partial charge in [-0.25, -0.2) is 4.39 Å². The van der Waals surface area contributed by atoms with Crippen LogP contribution < -0.4 is 16.0 Å². The number of piperidine rings is 1. The van der Waals surface area contributed by atoms with Crippen LogP contribution in [0.2, 0.25) is 0 Å². The van der Waals surface area contributed by atoms with Crippen molar-refractivity contribution in [1.29, 1.82) is 0 Å². The second kappa shape index (κ2) is 9.98. The van der Waals surface area contributed by atoms with E-state index in [0.717, 1.165) is 50.9 Å². The fourth-order valence-corrected chi connectivity index (χ4v) is 3.94. The maximum Gasteiger partial charge on any atom is 0.237 e. The molecule has 0 aliphatic carbocycles. The van der Waals surface area contributed by atoms with Gasteiger partial charge in [0.2, 0.25) is 11.8 Å². The monoisotopic (exact) mass is 390 g/mol. The molecule has 28 heavy (non-hydrogen) atoms. The van der Waals surface area contributed by atoms with E-state index in [0.29, 0.717) is 31.1 Å². The molecule has 2 fully saturated rings. The Morgan fingerprint density at radius 1 is 1.25 bits per heavy atom. The standard InChI is InChI=1S/C21H31FN4O2/c1-15-6-7-16(10-18(15)22)11-24-20(27)14-26-9-3-4-17(13-26)12-25-21(28)19-5-2-8-23-19/h6-7,10,17,19,23H,2-5,8-9,11-14H2,1H3,(H,24,27)(H,25,28). The Kier molecular flexibility index (Phi) is 7.39. The van der Waals surface area contributed by atoms with E-state index in [2.05, 4.69) is 20.9 Å². The lowest BCUT2D eigenvalue weighted by molar-refractivity contribution is -0.124. The summed E-state index contributed by atoms with van der Waals surface area (Å²) in [5.41, 5.74) is 1.36. The van der Waals surface area contributed by atoms with Gasteiger partial charge in [-0.2, -0.15) is 0 Å². The number of nitrogens with one attached hydrogen (secondary N) is 3. The third kappa shape index (κ3) is 6.01. The van der Waals surface area contributed by atoms with Gasteiger partial charge in [0, 0.05) is 19.6 Å². The van der Waals surface area contributed by atoms with Crippen molar-refractivity contribution in [3.05, 3.63) is 35.1 Å². The molecule has 0 aromatic heterocycles. The minimum atomic E-state index is -0.250. The number of hydrogen-bond donors (Lipinski definition) is 3. The first-order chi connectivity index (χ1) is 13.5. The summed E-state index contributed by atoms with van der Waals surface area (Å²) in [5.74, 6) is 0.164. The Morgan fingerprint density at radius 3 is 2.86 bits per heavy atom. The van der Waals surface area contributed by atoms with Crippen molar-refractivity contribution in [3.63, 3.8) is 0 Å². The zero-order valence-corrected chi connectivity index (χ0v) is 16.6. The van der Waals surface area contributed by atoms with Crippen molar-refractivity contribution in [2.45, 2.75) is 45.2 Å². The Hall–Kier alpha value is -1.99. The maximum atomic E-state index is 13.6. The molecule has 0 spiro atoms. The minimum absolute atomic E-state index is 0.0444. The van der Waals surface area contributed by atoms with Gasteiger partial charge < -0.3 is 16.0 Å². The summed E-state index contributed by atoms with van der Waals surface area (Å²) in [4.78, 5) is 26.5. The van der Waals surface area contributed by atoms with E-state index in [4.69, 9.17) is 0 Å². The average Bonchev–Trinajstić information content (AvgIpc) is 3.22. The first-order valence-electron chi connectivity index (χ1n) is 10.3. The summed E-state index contributed by atoms with van der Waals surface area (Å²) in [6.07, 6.45) is 4.06. The van der Waals surface area contributed by atoms with Crippen LogP contribution in [0.15, 0.2) is 18.2 Å². The van der Waals surface area contributed by atoms with Gasteiger partial charge in [0.15, 0.2) is 0 Å². The molecule has 1 aromatic rings. The Morgan fingerprint density at radius 2 is 2.11 bits per heavy atom. The van der Waals surface area contributed by atoms with Gasteiger partial charge >= 0.3 is 0 Å². The van der Waals surface area contributed by atoms with Crippen molar-refractivity contribution in [3.8, 4) is 0 Å². The van der Waals surface area contributed by atoms with Crippen LogP contribution in [0.1, 0.15) is 36.8 Å². The van der Waals surface area contributed by atoms with Crippen LogP contribution in [0.3, 0.4) is 0 Å². The summed E-state index contributed by atoms with van der Waals surface area (Å²) < 4.78 is 13.6. The van der Waals surface area contributed by atoms with Crippen molar-refractivity contribution < 1.29 is 14.0 Å². The molecule has 2 saturated heterocycles. The largest absolute Gasteiger partial charge is 0.354 e. The Labute approximate surface area is 166 Å². The molecule has 3 N–H and O–H groups in total. The van der Waals surface area contributed by atoms with E-state index in [-0.39, 0.29) is 23.7 Å². The summed E-state index contributed by atoms with van der Waals surface area (Å²) in [6, 6.07) is 4.98. The third-order valence-electron chi connectivity index (χ3n) is 5.64. The number of carbonyl (C=O) groups is 2. The first-order valence-corrected chi connectivity index (χ1v) is 10.3. The zero-order valence-electron chi connectivity index (χ0n) is 16.6. The summed E-state index contributed by atoms with van der Waals surface area (Å²) in [6.45, 7) is 5.67. The molecule has 154 valence electrons. The molecule has 6 nitrogen and oxygen atoms in total. The maximum absolute atomic E-state index is 13.6. The van der Waals surface area contributed by atoms with Crippen molar-refractivity contribution in [2.75, 3.05) is 32.7 Å². The molecule has 2 aliphatic heterocycles. The van der Waals surface area contributed by atoms with Gasteiger partial charge in [-0.3, -0.25) is 14.5 Å². The molecule has 2 aliphatic rings. The molecule has 2 heterocycles. The zero-order chi connectivity index (χ0) is 19.9. The van der Waals surface area contributed by atoms with Crippen LogP contribution in [-0.4, -0.2) is 55.5 Å². The topological polar surface area (TPSA) is 73.5 Å². The van der Waals surface area contributed by atoms with Crippen LogP contribution in [0.5, 0.6) is 0 Å². The fraction of sp³-hybridized carbons (Fsp3) is 0.619. The fourth-order valence-electron chi connectivity index (χ4n) is 3.94. The molecule has 1 aromatic carbocycles. The normalized spacial score (nSPS) is 22.8. The lowest BCUT2D eigenvalue weighted by Crippen LogP contribution is -2.47. The highest BCUT2D eigenvalue weighted by molar-refractivity contribution is 5.82. The van der Waals surface area contributed by atoms with E-state index in [1.807, 2.05) is 6.07 Å². The SMILES string of the molecule is Cc1ccc(CNC(=O)CN2CCCC(CNC(=O)C3CCCN3)C2)cc1F. The highest BCUT2D eigenvalue weighted by Gasteiger charge is 2.25. The molecular formula is C21H31FN4O2. The third-order valence-corrected chi connectivity index (χ3v) is 5.64. The van der Waals surface area contributed by atoms with Crippen molar-refractivity contribution in [1.82, 2.24) is 20.9 Å². The first kappa shape index (κ1) is 20.7. The number of amides is 2. The van der Waals surface area contributed by atoms with Crippen LogP contribution in [0.4, 0.5) is 4.39 Å². The molecule has 0 saturated carbocycles. The second-order valence-electron chi connectivity index (χ2n) is 8.00. The number of carbonyl (C=O) groups excluding carboxylic acids is 2. The Bertz CT molecular complexity index is 691. The number of rotatable bonds is 7. The molecule has 2 amide bonds. The molecule has 3 rings (SSSR count). The predicted octanol–water partition coefficient (Wildman–Crippen LogP) is 1.33. The van der Waals surface area contributed by atoms with Gasteiger partial charge in [-0.1, -0.05) is 12.1 Å². The van der Waals surface area contributed by atoms with Crippen LogP contribution in [-0.2, 0) is 16.1 Å². The van der Waals surface area contributed by atoms with Gasteiger partial charge in [-0.15, -0.1) is 0 Å². The van der Waals surface area contributed by atoms with Crippen molar-refractivity contribution >= 4 is 11.8 Å². The number of aryl methyl sites for hydroxylation is 1. The molecule has 7 heteroatoms. The van der Waals surface area contributed by atoms with Crippen LogP contribution in [0.25, 0.3) is 0 Å². The number of halogens is 1. The van der Waals surface area contributed by atoms with E-state index in [1.165, 1.54) is 6.07 Å². The smallest absolute Gasteiger partial charge is 0.237 e. The summed E-state index contributed by atoms with van der Waals surface area (Å²) in [5, 5.41) is 9.14. The van der Waals surface area contributed by atoms with E-state index >= 15 is 0 Å². The van der Waals surface area contributed by atoms with Gasteiger partial charge in [0.05, 0.1) is 12.6 Å². The molecular weight excluding hydrogens is 359 g/mol. The number of likely N-dealkylation sites (tertiary alicyclic amines) is 1. The molecule has 2 atom stereocenters. The lowest BCUT2D eigenvalue weighted by Gasteiger charge is -2.32. The van der Waals surface area contributed by atoms with E-state index in [9.17, 15) is 14.0 Å². The lowest BCUT2D eigenvalue weighted by atomic mass is 9.98. The highest BCUT2D eigenvalue weighted by Crippen LogP contribution is 2.16.